The first kappa shape index (κ1) is 13.2. The zero-order valence-electron chi connectivity index (χ0n) is 12.4. The Bertz CT molecular complexity index is 628. The van der Waals surface area contributed by atoms with E-state index in [1.54, 1.807) is 7.11 Å². The number of rotatable bonds is 4. The van der Waals surface area contributed by atoms with Crippen LogP contribution in [0, 0.1) is 0 Å². The van der Waals surface area contributed by atoms with E-state index in [1.165, 1.54) is 19.3 Å². The zero-order chi connectivity index (χ0) is 14.3. The van der Waals surface area contributed by atoms with Crippen LogP contribution in [0.2, 0.25) is 0 Å². The van der Waals surface area contributed by atoms with Crippen LogP contribution in [0.5, 0.6) is 5.75 Å². The Hall–Kier alpha value is -1.75. The number of likely N-dealkylation sites (N-methyl/N-ethyl adjacent to an activating group) is 1. The molecule has 1 saturated carbocycles. The number of ether oxygens (including phenoxy) is 1. The number of nitrogens with zero attached hydrogens (tertiary/aromatic N) is 3. The molecule has 1 aromatic carbocycles. The van der Waals surface area contributed by atoms with Crippen LogP contribution >= 0.6 is 0 Å². The van der Waals surface area contributed by atoms with Gasteiger partial charge in [-0.2, -0.15) is 0 Å². The van der Waals surface area contributed by atoms with Crippen molar-refractivity contribution in [3.8, 4) is 5.75 Å². The van der Waals surface area contributed by atoms with Crippen molar-refractivity contribution < 1.29 is 4.74 Å². The number of hydrogen-bond donors (Lipinski definition) is 1. The first-order chi connectivity index (χ1) is 9.55. The Morgan fingerprint density at radius 3 is 2.70 bits per heavy atom. The molecule has 20 heavy (non-hydrogen) atoms. The minimum Gasteiger partial charge on any atom is -0.497 e. The van der Waals surface area contributed by atoms with Crippen LogP contribution in [0.4, 0.5) is 5.95 Å². The maximum Gasteiger partial charge on any atom is 0.201 e. The zero-order valence-corrected chi connectivity index (χ0v) is 12.4. The molecule has 2 N–H and O–H groups in total. The highest BCUT2D eigenvalue weighted by Gasteiger charge is 2.40. The highest BCUT2D eigenvalue weighted by atomic mass is 16.5. The molecule has 0 bridgehead atoms. The lowest BCUT2D eigenvalue weighted by Crippen LogP contribution is -2.53. The molecular weight excluding hydrogens is 252 g/mol. The van der Waals surface area contributed by atoms with Gasteiger partial charge in [0, 0.05) is 18.2 Å². The van der Waals surface area contributed by atoms with E-state index in [9.17, 15) is 0 Å². The van der Waals surface area contributed by atoms with Gasteiger partial charge in [-0.15, -0.1) is 0 Å². The number of aromatic nitrogens is 2. The van der Waals surface area contributed by atoms with Crippen molar-refractivity contribution in [1.82, 2.24) is 14.5 Å². The molecule has 1 aromatic heterocycles. The lowest BCUT2D eigenvalue weighted by Gasteiger charge is -2.47. The van der Waals surface area contributed by atoms with Gasteiger partial charge < -0.3 is 19.9 Å². The number of anilines is 1. The van der Waals surface area contributed by atoms with Crippen LogP contribution in [0.15, 0.2) is 18.2 Å². The molecule has 0 unspecified atom stereocenters. The first-order valence-electron chi connectivity index (χ1n) is 7.03. The van der Waals surface area contributed by atoms with Gasteiger partial charge in [-0.05, 0) is 45.5 Å². The van der Waals surface area contributed by atoms with E-state index in [1.807, 2.05) is 18.2 Å². The fourth-order valence-corrected chi connectivity index (χ4v) is 3.05. The fourth-order valence-electron chi connectivity index (χ4n) is 3.05. The van der Waals surface area contributed by atoms with E-state index in [2.05, 4.69) is 28.5 Å². The minimum absolute atomic E-state index is 0.224. The SMILES string of the molecule is COc1ccc2c(c1)nc(N)n2CC1(N(C)C)CCC1. The largest absolute Gasteiger partial charge is 0.497 e. The predicted molar refractivity (Wildman–Crippen MR) is 81.0 cm³/mol. The normalized spacial score (nSPS) is 17.4. The summed E-state index contributed by atoms with van der Waals surface area (Å²) >= 11 is 0. The van der Waals surface area contributed by atoms with E-state index in [4.69, 9.17) is 10.5 Å². The third kappa shape index (κ3) is 1.93. The van der Waals surface area contributed by atoms with Gasteiger partial charge in [0.15, 0.2) is 0 Å². The molecule has 0 saturated heterocycles. The van der Waals surface area contributed by atoms with Crippen molar-refractivity contribution in [1.29, 1.82) is 0 Å². The summed E-state index contributed by atoms with van der Waals surface area (Å²) in [5.74, 6) is 1.40. The molecular formula is C15H22N4O. The summed E-state index contributed by atoms with van der Waals surface area (Å²) in [7, 11) is 5.96. The Kier molecular flexibility index (Phi) is 3.09. The van der Waals surface area contributed by atoms with Gasteiger partial charge in [0.05, 0.1) is 18.1 Å². The summed E-state index contributed by atoms with van der Waals surface area (Å²) in [5.41, 5.74) is 8.33. The molecule has 1 aliphatic rings. The van der Waals surface area contributed by atoms with Gasteiger partial charge in [0.25, 0.3) is 0 Å². The van der Waals surface area contributed by atoms with Crippen molar-refractivity contribution in [3.63, 3.8) is 0 Å². The molecule has 2 aromatic rings. The molecule has 5 heteroatoms. The van der Waals surface area contributed by atoms with Crippen molar-refractivity contribution in [2.24, 2.45) is 0 Å². The van der Waals surface area contributed by atoms with Crippen molar-refractivity contribution in [2.45, 2.75) is 31.3 Å². The third-order valence-corrected chi connectivity index (χ3v) is 4.67. The number of nitrogen functional groups attached to an aromatic ring is 1. The molecule has 1 aliphatic carbocycles. The lowest BCUT2D eigenvalue weighted by atomic mass is 9.75. The molecule has 108 valence electrons. The lowest BCUT2D eigenvalue weighted by molar-refractivity contribution is 0.0440. The molecule has 0 amide bonds. The fraction of sp³-hybridized carbons (Fsp3) is 0.533. The summed E-state index contributed by atoms with van der Waals surface area (Å²) in [4.78, 5) is 6.79. The minimum atomic E-state index is 0.224. The maximum atomic E-state index is 6.12. The van der Waals surface area contributed by atoms with E-state index >= 15 is 0 Å². The molecule has 3 rings (SSSR count). The summed E-state index contributed by atoms with van der Waals surface area (Å²) < 4.78 is 7.38. The van der Waals surface area contributed by atoms with Crippen LogP contribution in [0.3, 0.4) is 0 Å². The molecule has 1 fully saturated rings. The van der Waals surface area contributed by atoms with Crippen molar-refractivity contribution >= 4 is 17.0 Å². The van der Waals surface area contributed by atoms with E-state index in [0.29, 0.717) is 5.95 Å². The number of fused-ring (bicyclic) bond motifs is 1. The number of benzene rings is 1. The van der Waals surface area contributed by atoms with Crippen LogP contribution in [0.1, 0.15) is 19.3 Å². The van der Waals surface area contributed by atoms with Crippen molar-refractivity contribution in [3.05, 3.63) is 18.2 Å². The molecule has 0 aliphatic heterocycles. The monoisotopic (exact) mass is 274 g/mol. The maximum absolute atomic E-state index is 6.12. The summed E-state index contributed by atoms with van der Waals surface area (Å²) in [6.07, 6.45) is 3.73. The van der Waals surface area contributed by atoms with Gasteiger partial charge in [0.2, 0.25) is 5.95 Å². The quantitative estimate of drug-likeness (QED) is 0.927. The second-order valence-corrected chi connectivity index (χ2v) is 5.88. The molecule has 1 heterocycles. The second-order valence-electron chi connectivity index (χ2n) is 5.88. The van der Waals surface area contributed by atoms with Gasteiger partial charge in [-0.1, -0.05) is 0 Å². The Morgan fingerprint density at radius 1 is 1.40 bits per heavy atom. The Labute approximate surface area is 119 Å². The second kappa shape index (κ2) is 4.66. The summed E-state index contributed by atoms with van der Waals surface area (Å²) in [6.45, 7) is 0.897. The number of imidazole rings is 1. The summed E-state index contributed by atoms with van der Waals surface area (Å²) in [5, 5.41) is 0. The third-order valence-electron chi connectivity index (χ3n) is 4.67. The predicted octanol–water partition coefficient (Wildman–Crippen LogP) is 2.11. The smallest absolute Gasteiger partial charge is 0.201 e. The number of nitrogens with two attached hydrogens (primary N) is 1. The molecule has 0 radical (unpaired) electrons. The highest BCUT2D eigenvalue weighted by Crippen LogP contribution is 2.39. The van der Waals surface area contributed by atoms with Crippen LogP contribution < -0.4 is 10.5 Å². The van der Waals surface area contributed by atoms with Crippen LogP contribution in [-0.4, -0.2) is 41.2 Å². The molecule has 0 spiro atoms. The highest BCUT2D eigenvalue weighted by molar-refractivity contribution is 5.80. The molecule has 5 nitrogen and oxygen atoms in total. The summed E-state index contributed by atoms with van der Waals surface area (Å²) in [6, 6.07) is 5.94. The van der Waals surface area contributed by atoms with Crippen molar-refractivity contribution in [2.75, 3.05) is 26.9 Å². The standard InChI is InChI=1S/C15H22N4O/c1-18(2)15(7-4-8-15)10-19-13-6-5-11(20-3)9-12(13)17-14(19)16/h5-6,9H,4,7-8,10H2,1-3H3,(H2,16,17). The average Bonchev–Trinajstić information content (AvgIpc) is 2.68. The van der Waals surface area contributed by atoms with Gasteiger partial charge in [-0.25, -0.2) is 4.98 Å². The topological polar surface area (TPSA) is 56.3 Å². The number of methoxy groups -OCH3 is 1. The average molecular weight is 274 g/mol. The first-order valence-corrected chi connectivity index (χ1v) is 7.03. The van der Waals surface area contributed by atoms with Crippen LogP contribution in [0.25, 0.3) is 11.0 Å². The van der Waals surface area contributed by atoms with Crippen LogP contribution in [-0.2, 0) is 6.54 Å². The van der Waals surface area contributed by atoms with E-state index in [-0.39, 0.29) is 5.54 Å². The van der Waals surface area contributed by atoms with E-state index in [0.717, 1.165) is 23.3 Å². The number of hydrogen-bond acceptors (Lipinski definition) is 4. The Morgan fingerprint density at radius 2 is 2.15 bits per heavy atom. The Balaban J connectivity index is 2.01. The van der Waals surface area contributed by atoms with E-state index < -0.39 is 0 Å². The van der Waals surface area contributed by atoms with Gasteiger partial charge in [0.1, 0.15) is 5.75 Å². The van der Waals surface area contributed by atoms with Gasteiger partial charge >= 0.3 is 0 Å². The van der Waals surface area contributed by atoms with Gasteiger partial charge in [-0.3, -0.25) is 0 Å². The molecule has 0 atom stereocenters.